The van der Waals surface area contributed by atoms with E-state index in [9.17, 15) is 10.0 Å². The summed E-state index contributed by atoms with van der Waals surface area (Å²) in [5.41, 5.74) is -1.59. The van der Waals surface area contributed by atoms with Gasteiger partial charge in [0.05, 0.1) is 5.54 Å². The van der Waals surface area contributed by atoms with Crippen LogP contribution in [0.4, 0.5) is 0 Å². The van der Waals surface area contributed by atoms with E-state index < -0.39 is 11.1 Å². The quantitative estimate of drug-likeness (QED) is 0.793. The van der Waals surface area contributed by atoms with Gasteiger partial charge >= 0.3 is 0 Å². The Kier molecular flexibility index (Phi) is 4.92. The second-order valence-electron chi connectivity index (χ2n) is 7.03. The normalized spacial score (nSPS) is 23.2. The van der Waals surface area contributed by atoms with Crippen LogP contribution in [0.15, 0.2) is 0 Å². The van der Waals surface area contributed by atoms with Gasteiger partial charge in [0.2, 0.25) is 5.91 Å². The Bertz CT molecular complexity index is 352. The molecule has 0 unspecified atom stereocenters. The number of hydrogen-bond acceptors (Lipinski definition) is 2. The topological polar surface area (TPSA) is 43.5 Å². The first kappa shape index (κ1) is 17.4. The van der Waals surface area contributed by atoms with Crippen LogP contribution in [-0.4, -0.2) is 39.0 Å². The third-order valence-electron chi connectivity index (χ3n) is 5.21. The minimum atomic E-state index is -0.891. The van der Waals surface area contributed by atoms with Gasteiger partial charge in [-0.1, -0.05) is 27.7 Å². The van der Waals surface area contributed by atoms with Gasteiger partial charge in [-0.3, -0.25) is 4.79 Å². The van der Waals surface area contributed by atoms with Crippen molar-refractivity contribution in [2.24, 2.45) is 0 Å². The van der Waals surface area contributed by atoms with Crippen LogP contribution < -0.4 is 0 Å². The molecule has 4 heteroatoms. The van der Waals surface area contributed by atoms with Crippen LogP contribution in [-0.2, 0) is 10.0 Å². The molecule has 0 spiro atoms. The number of hydroxylamine groups is 2. The summed E-state index contributed by atoms with van der Waals surface area (Å²) in [6.07, 6.45) is 2.68. The van der Waals surface area contributed by atoms with Gasteiger partial charge in [0, 0.05) is 12.1 Å². The van der Waals surface area contributed by atoms with Gasteiger partial charge in [-0.25, -0.2) is 0 Å². The van der Waals surface area contributed by atoms with E-state index in [2.05, 4.69) is 34.6 Å². The monoisotopic (exact) mass is 283 g/mol. The molecular weight excluding hydrogens is 252 g/mol. The number of nitrogens with zero attached hydrogens (tertiary/aromatic N) is 2. The van der Waals surface area contributed by atoms with Gasteiger partial charge in [0.25, 0.3) is 0 Å². The van der Waals surface area contributed by atoms with Crippen molar-refractivity contribution in [3.05, 3.63) is 0 Å². The molecule has 1 amide bonds. The highest BCUT2D eigenvalue weighted by atomic mass is 16.5. The Balaban J connectivity index is 3.41. The van der Waals surface area contributed by atoms with Gasteiger partial charge in [-0.15, -0.1) is 10.3 Å². The lowest BCUT2D eigenvalue weighted by molar-refractivity contribution is -0.307. The highest BCUT2D eigenvalue weighted by Crippen LogP contribution is 2.42. The van der Waals surface area contributed by atoms with Crippen LogP contribution in [0.25, 0.3) is 0 Å². The molecule has 0 aromatic heterocycles. The van der Waals surface area contributed by atoms with Gasteiger partial charge in [-0.2, -0.15) is 0 Å². The minimum absolute atomic E-state index is 0.00234. The maximum absolute atomic E-state index is 13.0. The molecule has 1 rings (SSSR count). The van der Waals surface area contributed by atoms with Crippen molar-refractivity contribution < 1.29 is 10.0 Å². The van der Waals surface area contributed by atoms with Crippen molar-refractivity contribution in [3.8, 4) is 0 Å². The molecule has 1 saturated heterocycles. The molecule has 20 heavy (non-hydrogen) atoms. The Morgan fingerprint density at radius 3 is 1.75 bits per heavy atom. The Labute approximate surface area is 124 Å². The fourth-order valence-electron chi connectivity index (χ4n) is 3.36. The van der Waals surface area contributed by atoms with Gasteiger partial charge in [0.1, 0.15) is 5.54 Å². The van der Waals surface area contributed by atoms with Gasteiger partial charge in [0.15, 0.2) is 0 Å². The SMILES string of the molecule is CCC1(CC)CN(C(C)(C)C)C(=O)C(CC)(CC)N1[O]. The molecular formula is C16H31N2O2. The lowest BCUT2D eigenvalue weighted by Gasteiger charge is -2.57. The second-order valence-corrected chi connectivity index (χ2v) is 7.03. The fraction of sp³-hybridized carbons (Fsp3) is 0.938. The van der Waals surface area contributed by atoms with E-state index in [0.29, 0.717) is 19.4 Å². The Morgan fingerprint density at radius 1 is 1.00 bits per heavy atom. The number of hydrogen-bond donors (Lipinski definition) is 0. The average Bonchev–Trinajstić information content (AvgIpc) is 2.40. The summed E-state index contributed by atoms with van der Waals surface area (Å²) in [6, 6.07) is 0. The number of carbonyl (C=O) groups is 1. The number of rotatable bonds is 4. The van der Waals surface area contributed by atoms with Crippen LogP contribution in [0.3, 0.4) is 0 Å². The number of piperazine rings is 1. The summed E-state index contributed by atoms with van der Waals surface area (Å²) in [4.78, 5) is 14.9. The van der Waals surface area contributed by atoms with E-state index in [1.165, 1.54) is 0 Å². The van der Waals surface area contributed by atoms with E-state index in [1.807, 2.05) is 18.7 Å². The van der Waals surface area contributed by atoms with Crippen molar-refractivity contribution in [1.29, 1.82) is 0 Å². The summed E-state index contributed by atoms with van der Waals surface area (Å²) in [7, 11) is 0. The molecule has 1 fully saturated rings. The predicted molar refractivity (Wildman–Crippen MR) is 80.6 cm³/mol. The van der Waals surface area contributed by atoms with Crippen LogP contribution in [0, 0.1) is 0 Å². The smallest absolute Gasteiger partial charge is 0.246 e. The zero-order valence-corrected chi connectivity index (χ0v) is 14.2. The molecule has 0 aromatic carbocycles. The van der Waals surface area contributed by atoms with Crippen molar-refractivity contribution in [1.82, 2.24) is 9.96 Å². The molecule has 0 atom stereocenters. The molecule has 0 N–H and O–H groups in total. The van der Waals surface area contributed by atoms with E-state index >= 15 is 0 Å². The molecule has 1 aliphatic heterocycles. The number of carbonyl (C=O) groups excluding carboxylic acids is 1. The lowest BCUT2D eigenvalue weighted by Crippen LogP contribution is -2.75. The first-order chi connectivity index (χ1) is 9.15. The van der Waals surface area contributed by atoms with Crippen molar-refractivity contribution in [2.75, 3.05) is 6.54 Å². The van der Waals surface area contributed by atoms with Crippen molar-refractivity contribution in [3.63, 3.8) is 0 Å². The van der Waals surface area contributed by atoms with Crippen LogP contribution >= 0.6 is 0 Å². The van der Waals surface area contributed by atoms with Gasteiger partial charge < -0.3 is 4.90 Å². The molecule has 0 bridgehead atoms. The van der Waals surface area contributed by atoms with Crippen LogP contribution in [0.5, 0.6) is 0 Å². The molecule has 4 nitrogen and oxygen atoms in total. The maximum atomic E-state index is 13.0. The van der Waals surface area contributed by atoms with E-state index in [0.717, 1.165) is 17.9 Å². The molecule has 1 radical (unpaired) electrons. The van der Waals surface area contributed by atoms with Crippen LogP contribution in [0.1, 0.15) is 74.1 Å². The average molecular weight is 283 g/mol. The van der Waals surface area contributed by atoms with E-state index in [4.69, 9.17) is 0 Å². The Hall–Kier alpha value is -0.610. The largest absolute Gasteiger partial charge is 0.334 e. The molecule has 1 aliphatic rings. The first-order valence-electron chi connectivity index (χ1n) is 7.94. The third kappa shape index (κ3) is 2.37. The standard InChI is InChI=1S/C16H31N2O2/c1-8-15(9-2)12-17(14(5,6)7)13(19)16(10-3,11-4)18(15)20/h8-12H2,1-7H3. The third-order valence-corrected chi connectivity index (χ3v) is 5.21. The molecule has 1 heterocycles. The summed E-state index contributed by atoms with van der Waals surface area (Å²) in [5, 5.41) is 14.2. The molecule has 0 aliphatic carbocycles. The fourth-order valence-corrected chi connectivity index (χ4v) is 3.36. The zero-order valence-electron chi connectivity index (χ0n) is 14.2. The molecule has 0 aromatic rings. The first-order valence-corrected chi connectivity index (χ1v) is 7.94. The van der Waals surface area contributed by atoms with Crippen molar-refractivity contribution in [2.45, 2.75) is 90.8 Å². The predicted octanol–water partition coefficient (Wildman–Crippen LogP) is 3.39. The summed E-state index contributed by atoms with van der Waals surface area (Å²) in [6.45, 7) is 14.7. The second kappa shape index (κ2) is 5.64. The minimum Gasteiger partial charge on any atom is -0.334 e. The van der Waals surface area contributed by atoms with E-state index in [-0.39, 0.29) is 11.4 Å². The van der Waals surface area contributed by atoms with Crippen molar-refractivity contribution >= 4 is 5.91 Å². The number of amides is 1. The van der Waals surface area contributed by atoms with Gasteiger partial charge in [-0.05, 0) is 46.5 Å². The summed E-state index contributed by atoms with van der Waals surface area (Å²) >= 11 is 0. The highest BCUT2D eigenvalue weighted by Gasteiger charge is 2.58. The molecule has 0 saturated carbocycles. The molecule has 117 valence electrons. The zero-order chi connectivity index (χ0) is 15.8. The Morgan fingerprint density at radius 2 is 1.45 bits per heavy atom. The van der Waals surface area contributed by atoms with Crippen LogP contribution in [0.2, 0.25) is 0 Å². The summed E-state index contributed by atoms with van der Waals surface area (Å²) in [5.74, 6) is 0.00234. The summed E-state index contributed by atoms with van der Waals surface area (Å²) < 4.78 is 0. The van der Waals surface area contributed by atoms with E-state index in [1.54, 1.807) is 0 Å². The lowest BCUT2D eigenvalue weighted by atomic mass is 9.77. The maximum Gasteiger partial charge on any atom is 0.246 e. The highest BCUT2D eigenvalue weighted by molar-refractivity contribution is 5.88.